The van der Waals surface area contributed by atoms with Gasteiger partial charge in [0.05, 0.1) is 29.5 Å². The van der Waals surface area contributed by atoms with Crippen molar-refractivity contribution >= 4 is 21.4 Å². The fourth-order valence-corrected chi connectivity index (χ4v) is 3.99. The average Bonchev–Trinajstić information content (AvgIpc) is 2.80. The van der Waals surface area contributed by atoms with Crippen LogP contribution in [-0.2, 0) is 9.84 Å². The molecule has 7 nitrogen and oxygen atoms in total. The lowest BCUT2D eigenvalue weighted by Gasteiger charge is -2.14. The van der Waals surface area contributed by atoms with Gasteiger partial charge in [0.1, 0.15) is 11.5 Å². The number of halogens is 1. The highest BCUT2D eigenvalue weighted by molar-refractivity contribution is 7.90. The molecule has 0 spiro atoms. The zero-order valence-corrected chi connectivity index (χ0v) is 19.3. The summed E-state index contributed by atoms with van der Waals surface area (Å²) in [5.74, 6) is 1.10. The highest BCUT2D eigenvalue weighted by atomic mass is 35.5. The molecule has 0 N–H and O–H groups in total. The normalized spacial score (nSPS) is 11.2. The number of ether oxygens (including phenoxy) is 2. The highest BCUT2D eigenvalue weighted by Crippen LogP contribution is 2.31. The number of nitrogens with zero attached hydrogens (tertiary/aromatic N) is 2. The molecule has 1 heterocycles. The summed E-state index contributed by atoms with van der Waals surface area (Å²) in [6, 6.07) is 19.7. The van der Waals surface area contributed by atoms with E-state index in [-0.39, 0.29) is 10.6 Å². The van der Waals surface area contributed by atoms with Crippen molar-refractivity contribution in [2.45, 2.75) is 4.90 Å². The van der Waals surface area contributed by atoms with E-state index in [4.69, 9.17) is 21.1 Å². The van der Waals surface area contributed by atoms with E-state index in [1.54, 1.807) is 67.8 Å². The number of hydrogen-bond acceptors (Lipinski definition) is 6. The van der Waals surface area contributed by atoms with Crippen molar-refractivity contribution in [2.75, 3.05) is 13.4 Å². The lowest BCUT2D eigenvalue weighted by Crippen LogP contribution is -2.22. The van der Waals surface area contributed by atoms with Gasteiger partial charge in [0.25, 0.3) is 0 Å². The molecule has 0 saturated carbocycles. The molecule has 0 bridgehead atoms. The first-order valence-electron chi connectivity index (χ1n) is 9.77. The summed E-state index contributed by atoms with van der Waals surface area (Å²) in [5.41, 5.74) is 0.965. The van der Waals surface area contributed by atoms with Crippen molar-refractivity contribution in [3.05, 3.63) is 94.4 Å². The Bertz CT molecular complexity index is 1460. The molecule has 4 rings (SSSR count). The Morgan fingerprint density at radius 2 is 1.61 bits per heavy atom. The summed E-state index contributed by atoms with van der Waals surface area (Å²) in [5, 5.41) is 4.75. The standard InChI is InChI=1S/C24H19ClN2O5S/c1-31-19-8-10-20(11-9-19)32-23-22(16-6-12-21(13-7-16)33(2,29)30)15-26-27(24(23)28)18-5-3-4-17(25)14-18/h3-15H,1-2H3. The summed E-state index contributed by atoms with van der Waals surface area (Å²) in [4.78, 5) is 13.6. The van der Waals surface area contributed by atoms with Crippen LogP contribution in [-0.4, -0.2) is 31.6 Å². The van der Waals surface area contributed by atoms with Crippen LogP contribution in [0.5, 0.6) is 17.2 Å². The lowest BCUT2D eigenvalue weighted by molar-refractivity contribution is 0.412. The molecule has 0 radical (unpaired) electrons. The van der Waals surface area contributed by atoms with Crippen molar-refractivity contribution in [3.63, 3.8) is 0 Å². The molecule has 0 aliphatic heterocycles. The van der Waals surface area contributed by atoms with Gasteiger partial charge in [-0.25, -0.2) is 8.42 Å². The maximum atomic E-state index is 13.4. The van der Waals surface area contributed by atoms with Crippen molar-refractivity contribution in [3.8, 4) is 34.1 Å². The molecule has 0 fully saturated rings. The van der Waals surface area contributed by atoms with Crippen molar-refractivity contribution in [1.29, 1.82) is 0 Å². The van der Waals surface area contributed by atoms with E-state index >= 15 is 0 Å². The summed E-state index contributed by atoms with van der Waals surface area (Å²) < 4.78 is 36.0. The van der Waals surface area contributed by atoms with E-state index < -0.39 is 15.4 Å². The zero-order valence-electron chi connectivity index (χ0n) is 17.7. The number of aromatic nitrogens is 2. The third kappa shape index (κ3) is 4.92. The van der Waals surface area contributed by atoms with E-state index in [1.165, 1.54) is 23.0 Å². The van der Waals surface area contributed by atoms with Gasteiger partial charge in [0, 0.05) is 11.3 Å². The second-order valence-electron chi connectivity index (χ2n) is 7.16. The first-order chi connectivity index (χ1) is 15.8. The molecule has 168 valence electrons. The quantitative estimate of drug-likeness (QED) is 0.394. The second-order valence-corrected chi connectivity index (χ2v) is 9.61. The Hall–Kier alpha value is -3.62. The van der Waals surface area contributed by atoms with Crippen LogP contribution in [0.2, 0.25) is 5.02 Å². The maximum Gasteiger partial charge on any atom is 0.315 e. The smallest absolute Gasteiger partial charge is 0.315 e. The number of rotatable bonds is 6. The van der Waals surface area contributed by atoms with Crippen LogP contribution < -0.4 is 15.0 Å². The van der Waals surface area contributed by atoms with E-state index in [0.29, 0.717) is 33.3 Å². The molecular formula is C24H19ClN2O5S. The third-order valence-electron chi connectivity index (χ3n) is 4.86. The Kier molecular flexibility index (Phi) is 6.22. The van der Waals surface area contributed by atoms with Crippen LogP contribution in [0.1, 0.15) is 0 Å². The van der Waals surface area contributed by atoms with Crippen molar-refractivity contribution in [2.24, 2.45) is 0 Å². The van der Waals surface area contributed by atoms with Gasteiger partial charge in [-0.1, -0.05) is 29.8 Å². The van der Waals surface area contributed by atoms with Crippen molar-refractivity contribution in [1.82, 2.24) is 9.78 Å². The number of methoxy groups -OCH3 is 1. The molecule has 0 saturated heterocycles. The largest absolute Gasteiger partial charge is 0.497 e. The van der Waals surface area contributed by atoms with Gasteiger partial charge in [-0.2, -0.15) is 9.78 Å². The van der Waals surface area contributed by atoms with Gasteiger partial charge in [-0.05, 0) is 60.2 Å². The van der Waals surface area contributed by atoms with Gasteiger partial charge >= 0.3 is 5.56 Å². The van der Waals surface area contributed by atoms with E-state index in [1.807, 2.05) is 0 Å². The fourth-order valence-electron chi connectivity index (χ4n) is 3.18. The maximum absolute atomic E-state index is 13.4. The summed E-state index contributed by atoms with van der Waals surface area (Å²) in [6.45, 7) is 0. The molecule has 4 aromatic rings. The molecule has 0 aliphatic rings. The van der Waals surface area contributed by atoms with Crippen LogP contribution in [0.25, 0.3) is 16.8 Å². The van der Waals surface area contributed by atoms with Gasteiger partial charge in [-0.15, -0.1) is 0 Å². The van der Waals surface area contributed by atoms with Gasteiger partial charge < -0.3 is 9.47 Å². The zero-order chi connectivity index (χ0) is 23.6. The molecular weight excluding hydrogens is 464 g/mol. The minimum atomic E-state index is -3.36. The highest BCUT2D eigenvalue weighted by Gasteiger charge is 2.18. The first kappa shape index (κ1) is 22.6. The average molecular weight is 483 g/mol. The monoisotopic (exact) mass is 482 g/mol. The van der Waals surface area contributed by atoms with Crippen LogP contribution in [0, 0.1) is 0 Å². The number of benzene rings is 3. The van der Waals surface area contributed by atoms with Crippen molar-refractivity contribution < 1.29 is 17.9 Å². The molecule has 9 heteroatoms. The second kappa shape index (κ2) is 9.09. The van der Waals surface area contributed by atoms with Gasteiger partial charge in [0.2, 0.25) is 5.75 Å². The summed E-state index contributed by atoms with van der Waals surface area (Å²) >= 11 is 6.09. The topological polar surface area (TPSA) is 87.5 Å². The molecule has 33 heavy (non-hydrogen) atoms. The van der Waals surface area contributed by atoms with Crippen LogP contribution >= 0.6 is 11.6 Å². The van der Waals surface area contributed by atoms with Crippen LogP contribution in [0.4, 0.5) is 0 Å². The minimum Gasteiger partial charge on any atom is -0.497 e. The SMILES string of the molecule is COc1ccc(Oc2c(-c3ccc(S(C)(=O)=O)cc3)cnn(-c3cccc(Cl)c3)c2=O)cc1. The Morgan fingerprint density at radius 1 is 0.939 bits per heavy atom. The van der Waals surface area contributed by atoms with Gasteiger partial charge in [0.15, 0.2) is 9.84 Å². The Morgan fingerprint density at radius 3 is 2.21 bits per heavy atom. The molecule has 1 aromatic heterocycles. The molecule has 0 unspecified atom stereocenters. The predicted octanol–water partition coefficient (Wildman–Crippen LogP) is 4.76. The third-order valence-corrected chi connectivity index (χ3v) is 6.22. The predicted molar refractivity (Wildman–Crippen MR) is 126 cm³/mol. The number of hydrogen-bond donors (Lipinski definition) is 0. The van der Waals surface area contributed by atoms with Crippen LogP contribution in [0.3, 0.4) is 0 Å². The van der Waals surface area contributed by atoms with Crippen LogP contribution in [0.15, 0.2) is 88.7 Å². The Balaban J connectivity index is 1.86. The molecule has 3 aromatic carbocycles. The Labute approximate surface area is 195 Å². The number of sulfone groups is 1. The van der Waals surface area contributed by atoms with E-state index in [2.05, 4.69) is 5.10 Å². The summed E-state index contributed by atoms with van der Waals surface area (Å²) in [6.07, 6.45) is 2.63. The minimum absolute atomic E-state index is 0.0299. The molecule has 0 atom stereocenters. The molecule has 0 amide bonds. The first-order valence-corrected chi connectivity index (χ1v) is 12.0. The van der Waals surface area contributed by atoms with E-state index in [0.717, 1.165) is 6.26 Å². The molecule has 0 aliphatic carbocycles. The fraction of sp³-hybridized carbons (Fsp3) is 0.0833. The lowest BCUT2D eigenvalue weighted by atomic mass is 10.1. The van der Waals surface area contributed by atoms with E-state index in [9.17, 15) is 13.2 Å². The summed E-state index contributed by atoms with van der Waals surface area (Å²) in [7, 11) is -1.80. The van der Waals surface area contributed by atoms with Gasteiger partial charge in [-0.3, -0.25) is 4.79 Å².